The molecule has 0 bridgehead atoms. The first-order valence-corrected chi connectivity index (χ1v) is 9.60. The summed E-state index contributed by atoms with van der Waals surface area (Å²) in [4.78, 5) is 35.8. The van der Waals surface area contributed by atoms with Gasteiger partial charge in [-0.05, 0) is 43.7 Å². The van der Waals surface area contributed by atoms with Gasteiger partial charge < -0.3 is 14.5 Å². The van der Waals surface area contributed by atoms with Gasteiger partial charge in [-0.3, -0.25) is 14.4 Å². The van der Waals surface area contributed by atoms with E-state index < -0.39 is 11.6 Å². The zero-order valence-electron chi connectivity index (χ0n) is 15.1. The molecule has 1 amide bonds. The van der Waals surface area contributed by atoms with Crippen LogP contribution in [0.25, 0.3) is 0 Å². The average molecular weight is 361 g/mol. The summed E-state index contributed by atoms with van der Waals surface area (Å²) in [6.07, 6.45) is 8.40. The topological polar surface area (TPSA) is 85.6 Å². The maximum Gasteiger partial charge on any atom is 0.313 e. The van der Waals surface area contributed by atoms with E-state index in [9.17, 15) is 14.4 Å². The van der Waals surface area contributed by atoms with Gasteiger partial charge in [0, 0.05) is 25.8 Å². The molecule has 1 atom stereocenters. The van der Waals surface area contributed by atoms with E-state index in [0.29, 0.717) is 38.6 Å². The Hall–Kier alpha value is -2.11. The van der Waals surface area contributed by atoms with E-state index in [1.807, 2.05) is 12.1 Å². The molecule has 1 aliphatic heterocycles. The van der Waals surface area contributed by atoms with E-state index in [4.69, 9.17) is 9.15 Å². The van der Waals surface area contributed by atoms with E-state index in [0.717, 1.165) is 31.4 Å². The van der Waals surface area contributed by atoms with Crippen molar-refractivity contribution >= 4 is 17.7 Å². The van der Waals surface area contributed by atoms with Gasteiger partial charge in [-0.15, -0.1) is 0 Å². The number of hydrogen-bond acceptors (Lipinski definition) is 5. The molecule has 6 nitrogen and oxygen atoms in total. The maximum atomic E-state index is 12.0. The highest BCUT2D eigenvalue weighted by atomic mass is 16.6. The van der Waals surface area contributed by atoms with Crippen molar-refractivity contribution in [3.8, 4) is 0 Å². The van der Waals surface area contributed by atoms with Crippen LogP contribution in [-0.4, -0.2) is 29.8 Å². The van der Waals surface area contributed by atoms with E-state index in [2.05, 4.69) is 5.32 Å². The normalized spacial score (nSPS) is 23.8. The summed E-state index contributed by atoms with van der Waals surface area (Å²) in [5, 5.41) is 2.91. The van der Waals surface area contributed by atoms with Gasteiger partial charge in [-0.2, -0.15) is 0 Å². The van der Waals surface area contributed by atoms with Crippen LogP contribution < -0.4 is 5.32 Å². The molecule has 1 saturated carbocycles. The Morgan fingerprint density at radius 3 is 2.77 bits per heavy atom. The molecule has 2 fully saturated rings. The minimum absolute atomic E-state index is 0.0179. The summed E-state index contributed by atoms with van der Waals surface area (Å²) in [7, 11) is 0. The smallest absolute Gasteiger partial charge is 0.313 e. The molecule has 1 aliphatic carbocycles. The van der Waals surface area contributed by atoms with E-state index in [1.165, 1.54) is 0 Å². The first-order chi connectivity index (χ1) is 12.6. The Morgan fingerprint density at radius 1 is 1.27 bits per heavy atom. The first-order valence-electron chi connectivity index (χ1n) is 9.60. The molecule has 142 valence electrons. The van der Waals surface area contributed by atoms with Crippen LogP contribution in [0.15, 0.2) is 22.8 Å². The molecule has 2 heterocycles. The molecule has 0 spiro atoms. The molecular weight excluding hydrogens is 334 g/mol. The molecule has 1 N–H and O–H groups in total. The number of rotatable bonds is 8. The second kappa shape index (κ2) is 8.52. The lowest BCUT2D eigenvalue weighted by molar-refractivity contribution is -0.178. The van der Waals surface area contributed by atoms with Crippen LogP contribution in [0.5, 0.6) is 0 Å². The molecule has 3 rings (SSSR count). The number of Topliss-reactive ketones (excluding diaryl/α,β-unsaturated/α-hetero) is 1. The Morgan fingerprint density at radius 2 is 2.08 bits per heavy atom. The standard InChI is InChI=1S/C20H27NO5/c22-16-13-19(24)26-20(14-16,15-5-1-2-6-15)10-4-11-21-18(23)9-8-17-7-3-12-25-17/h3,7,12,15H,1-2,4-6,8-11,13-14H2,(H,21,23). The highest BCUT2D eigenvalue weighted by molar-refractivity contribution is 5.98. The zero-order chi connectivity index (χ0) is 18.4. The molecule has 2 aliphatic rings. The third-order valence-electron chi connectivity index (χ3n) is 5.53. The lowest BCUT2D eigenvalue weighted by Gasteiger charge is -2.41. The number of ketones is 1. The molecule has 6 heteroatoms. The van der Waals surface area contributed by atoms with Gasteiger partial charge in [0.15, 0.2) is 0 Å². The van der Waals surface area contributed by atoms with Crippen molar-refractivity contribution < 1.29 is 23.5 Å². The van der Waals surface area contributed by atoms with Crippen LogP contribution in [0.3, 0.4) is 0 Å². The van der Waals surface area contributed by atoms with E-state index in [1.54, 1.807) is 6.26 Å². The minimum atomic E-state index is -0.651. The third kappa shape index (κ3) is 4.74. The van der Waals surface area contributed by atoms with Crippen LogP contribution in [0, 0.1) is 5.92 Å². The van der Waals surface area contributed by atoms with Crippen LogP contribution in [0.4, 0.5) is 0 Å². The van der Waals surface area contributed by atoms with Crippen molar-refractivity contribution in [3.05, 3.63) is 24.2 Å². The van der Waals surface area contributed by atoms with Crippen molar-refractivity contribution in [2.45, 2.75) is 69.8 Å². The number of carbonyl (C=O) groups excluding carboxylic acids is 3. The van der Waals surface area contributed by atoms with Crippen molar-refractivity contribution in [3.63, 3.8) is 0 Å². The molecule has 1 saturated heterocycles. The van der Waals surface area contributed by atoms with Crippen molar-refractivity contribution in [2.75, 3.05) is 6.54 Å². The highest BCUT2D eigenvalue weighted by Crippen LogP contribution is 2.43. The molecule has 0 radical (unpaired) electrons. The summed E-state index contributed by atoms with van der Waals surface area (Å²) >= 11 is 0. The van der Waals surface area contributed by atoms with Gasteiger partial charge >= 0.3 is 5.97 Å². The summed E-state index contributed by atoms with van der Waals surface area (Å²) in [6, 6.07) is 3.66. The second-order valence-electron chi connectivity index (χ2n) is 7.45. The number of amides is 1. The Bertz CT molecular complexity index is 615. The van der Waals surface area contributed by atoms with Crippen LogP contribution >= 0.6 is 0 Å². The fraction of sp³-hybridized carbons (Fsp3) is 0.650. The van der Waals surface area contributed by atoms with Crippen molar-refractivity contribution in [1.82, 2.24) is 5.32 Å². The van der Waals surface area contributed by atoms with Crippen LogP contribution in [-0.2, 0) is 25.5 Å². The number of aryl methyl sites for hydroxylation is 1. The summed E-state index contributed by atoms with van der Waals surface area (Å²) in [6.45, 7) is 0.525. The monoisotopic (exact) mass is 361 g/mol. The fourth-order valence-electron chi connectivity index (χ4n) is 4.27. The molecule has 1 aromatic heterocycles. The zero-order valence-corrected chi connectivity index (χ0v) is 15.1. The summed E-state index contributed by atoms with van der Waals surface area (Å²) < 4.78 is 11.0. The fourth-order valence-corrected chi connectivity index (χ4v) is 4.27. The number of esters is 1. The predicted octanol–water partition coefficient (Wildman–Crippen LogP) is 2.94. The Balaban J connectivity index is 1.46. The maximum absolute atomic E-state index is 12.0. The highest BCUT2D eigenvalue weighted by Gasteiger charge is 2.47. The Kier molecular flexibility index (Phi) is 6.12. The lowest BCUT2D eigenvalue weighted by Crippen LogP contribution is -2.48. The first kappa shape index (κ1) is 18.7. The molecule has 1 unspecified atom stereocenters. The number of cyclic esters (lactones) is 1. The Labute approximate surface area is 153 Å². The molecule has 26 heavy (non-hydrogen) atoms. The predicted molar refractivity (Wildman–Crippen MR) is 94.3 cm³/mol. The average Bonchev–Trinajstić information content (AvgIpc) is 3.29. The van der Waals surface area contributed by atoms with Gasteiger partial charge in [0.1, 0.15) is 23.6 Å². The van der Waals surface area contributed by atoms with E-state index >= 15 is 0 Å². The largest absolute Gasteiger partial charge is 0.469 e. The molecule has 0 aromatic carbocycles. The van der Waals surface area contributed by atoms with Gasteiger partial charge in [0.2, 0.25) is 5.91 Å². The molecular formula is C20H27NO5. The van der Waals surface area contributed by atoms with Gasteiger partial charge in [0.25, 0.3) is 0 Å². The lowest BCUT2D eigenvalue weighted by atomic mass is 9.76. The van der Waals surface area contributed by atoms with Crippen molar-refractivity contribution in [1.29, 1.82) is 0 Å². The SMILES string of the molecule is O=C1CC(=O)OC(CCCNC(=O)CCc2ccco2)(C2CCCC2)C1. The number of nitrogens with one attached hydrogen (secondary N) is 1. The third-order valence-corrected chi connectivity index (χ3v) is 5.53. The van der Waals surface area contributed by atoms with Gasteiger partial charge in [0.05, 0.1) is 6.26 Å². The molecule has 1 aromatic rings. The minimum Gasteiger partial charge on any atom is -0.469 e. The number of hydrogen-bond donors (Lipinski definition) is 1. The number of furan rings is 1. The summed E-state index contributed by atoms with van der Waals surface area (Å²) in [5.74, 6) is 0.637. The summed E-state index contributed by atoms with van der Waals surface area (Å²) in [5.41, 5.74) is -0.651. The quantitative estimate of drug-likeness (QED) is 0.437. The second-order valence-corrected chi connectivity index (χ2v) is 7.45. The van der Waals surface area contributed by atoms with Gasteiger partial charge in [-0.1, -0.05) is 12.8 Å². The van der Waals surface area contributed by atoms with Gasteiger partial charge in [-0.25, -0.2) is 0 Å². The van der Waals surface area contributed by atoms with Crippen molar-refractivity contribution in [2.24, 2.45) is 5.92 Å². The number of carbonyl (C=O) groups is 3. The van der Waals surface area contributed by atoms with Crippen LogP contribution in [0.2, 0.25) is 0 Å². The number of ether oxygens (including phenoxy) is 1. The van der Waals surface area contributed by atoms with Crippen LogP contribution in [0.1, 0.15) is 63.5 Å². The van der Waals surface area contributed by atoms with E-state index in [-0.39, 0.29) is 24.0 Å².